The van der Waals surface area contributed by atoms with E-state index in [2.05, 4.69) is 15.1 Å². The van der Waals surface area contributed by atoms with E-state index in [1.807, 2.05) is 0 Å². The summed E-state index contributed by atoms with van der Waals surface area (Å²) in [5.41, 5.74) is 0.0515. The van der Waals surface area contributed by atoms with E-state index in [0.29, 0.717) is 5.92 Å². The Bertz CT molecular complexity index is 653. The first-order chi connectivity index (χ1) is 11.2. The van der Waals surface area contributed by atoms with E-state index in [-0.39, 0.29) is 22.4 Å². The van der Waals surface area contributed by atoms with Gasteiger partial charge >= 0.3 is 5.91 Å². The smallest absolute Gasteiger partial charge is 0.364 e. The zero-order valence-corrected chi connectivity index (χ0v) is 13.7. The Morgan fingerprint density at radius 3 is 2.83 bits per heavy atom. The predicted octanol–water partition coefficient (Wildman–Crippen LogP) is 4.52. The zero-order chi connectivity index (χ0) is 16.2. The van der Waals surface area contributed by atoms with Crippen LogP contribution in [0.2, 0.25) is 5.02 Å². The summed E-state index contributed by atoms with van der Waals surface area (Å²) in [6, 6.07) is 4.76. The molecule has 0 aliphatic heterocycles. The number of carbonyl (C=O) groups is 1. The van der Waals surface area contributed by atoms with E-state index in [9.17, 15) is 9.90 Å². The summed E-state index contributed by atoms with van der Waals surface area (Å²) in [4.78, 5) is 15.8. The lowest BCUT2D eigenvalue weighted by Gasteiger charge is -2.36. The number of phenolic OH excluding ortho intramolecular Hbond substituents is 1. The number of nitrogens with zero attached hydrogens (tertiary/aromatic N) is 3. The Balaban J connectivity index is 1.72. The summed E-state index contributed by atoms with van der Waals surface area (Å²) < 4.78 is 0. The molecule has 0 heterocycles. The van der Waals surface area contributed by atoms with Gasteiger partial charge in [0.05, 0.1) is 10.6 Å². The largest absolute Gasteiger partial charge is 0.506 e. The molecule has 5 nitrogen and oxygen atoms in total. The predicted molar refractivity (Wildman–Crippen MR) is 87.5 cm³/mol. The molecule has 0 saturated heterocycles. The first-order valence-electron chi connectivity index (χ1n) is 8.29. The van der Waals surface area contributed by atoms with E-state index >= 15 is 0 Å². The first kappa shape index (κ1) is 16.2. The van der Waals surface area contributed by atoms with Gasteiger partial charge < -0.3 is 5.11 Å². The topological polar surface area (TPSA) is 76.1 Å². The molecule has 3 atom stereocenters. The van der Waals surface area contributed by atoms with Gasteiger partial charge in [0.1, 0.15) is 16.9 Å². The fraction of sp³-hybridized carbons (Fsp3) is 0.588. The average molecular weight is 335 g/mol. The summed E-state index contributed by atoms with van der Waals surface area (Å²) in [6.07, 6.45) is 8.58. The molecule has 0 unspecified atom stereocenters. The molecule has 1 aromatic rings. The van der Waals surface area contributed by atoms with E-state index in [0.717, 1.165) is 12.3 Å². The fourth-order valence-electron chi connectivity index (χ4n) is 3.92. The van der Waals surface area contributed by atoms with Crippen LogP contribution in [0.4, 0.5) is 0 Å². The number of halogens is 1. The number of fused-ring (bicyclic) bond motifs is 1. The molecule has 3 rings (SSSR count). The Morgan fingerprint density at radius 2 is 1.96 bits per heavy atom. The maximum absolute atomic E-state index is 12.0. The molecule has 2 saturated carbocycles. The molecule has 0 spiro atoms. The van der Waals surface area contributed by atoms with Gasteiger partial charge in [-0.15, -0.1) is 0 Å². The molecule has 1 aromatic carbocycles. The highest BCUT2D eigenvalue weighted by molar-refractivity contribution is 6.32. The van der Waals surface area contributed by atoms with Crippen LogP contribution in [0.1, 0.15) is 55.3 Å². The lowest BCUT2D eigenvalue weighted by molar-refractivity contribution is 0.0987. The highest BCUT2D eigenvalue weighted by Gasteiger charge is 2.37. The second-order valence-corrected chi connectivity index (χ2v) is 6.86. The van der Waals surface area contributed by atoms with Crippen molar-refractivity contribution in [2.24, 2.45) is 22.1 Å². The Morgan fingerprint density at radius 1 is 1.17 bits per heavy atom. The number of hydrogen-bond acceptors (Lipinski definition) is 3. The van der Waals surface area contributed by atoms with Gasteiger partial charge in [0.2, 0.25) is 10.0 Å². The van der Waals surface area contributed by atoms with E-state index < -0.39 is 5.91 Å². The molecule has 0 bridgehead atoms. The van der Waals surface area contributed by atoms with Crippen LogP contribution >= 0.6 is 11.6 Å². The molecule has 23 heavy (non-hydrogen) atoms. The van der Waals surface area contributed by atoms with Crippen LogP contribution in [-0.2, 0) is 0 Å². The lowest BCUT2D eigenvalue weighted by atomic mass is 9.69. The van der Waals surface area contributed by atoms with Crippen LogP contribution in [0.5, 0.6) is 5.75 Å². The van der Waals surface area contributed by atoms with Crippen LogP contribution in [0.15, 0.2) is 28.4 Å². The maximum atomic E-state index is 12.0. The third kappa shape index (κ3) is 3.62. The van der Waals surface area contributed by atoms with Gasteiger partial charge in [-0.25, -0.2) is 0 Å². The number of amides is 1. The van der Waals surface area contributed by atoms with Crippen molar-refractivity contribution in [2.45, 2.75) is 51.0 Å². The van der Waals surface area contributed by atoms with Gasteiger partial charge in [-0.3, -0.25) is 4.79 Å². The summed E-state index contributed by atoms with van der Waals surface area (Å²) >= 11 is 5.79. The normalized spacial score (nSPS) is 26.7. The van der Waals surface area contributed by atoms with E-state index in [4.69, 9.17) is 11.6 Å². The molecule has 1 N–H and O–H groups in total. The van der Waals surface area contributed by atoms with Gasteiger partial charge in [0, 0.05) is 0 Å². The minimum atomic E-state index is -0.621. The number of aromatic hydroxyl groups is 1. The molecule has 2 fully saturated rings. The first-order valence-corrected chi connectivity index (χ1v) is 8.67. The maximum Gasteiger partial charge on any atom is 0.364 e. The minimum absolute atomic E-state index is 0.0515. The van der Waals surface area contributed by atoms with Crippen LogP contribution in [0.25, 0.3) is 0 Å². The Kier molecular flexibility index (Phi) is 5.09. The van der Waals surface area contributed by atoms with Gasteiger partial charge in [-0.1, -0.05) is 49.8 Å². The standard InChI is InChI=1S/C17H20ClN3O2/c18-14-9-4-8-13(16(14)22)17(23)20-21-19-15-10-3-6-11-5-1-2-7-12(11)15/h4,8-9,11-12,15H,1-3,5-7,10H2/p+1/t11-,12-,15-/m1/s1. The van der Waals surface area contributed by atoms with Crippen molar-refractivity contribution in [1.29, 1.82) is 0 Å². The van der Waals surface area contributed by atoms with Gasteiger partial charge in [-0.2, -0.15) is 0 Å². The van der Waals surface area contributed by atoms with Crippen molar-refractivity contribution in [1.82, 2.24) is 4.91 Å². The highest BCUT2D eigenvalue weighted by Crippen LogP contribution is 2.41. The molecule has 6 heteroatoms. The summed E-state index contributed by atoms with van der Waals surface area (Å²) in [6.45, 7) is 0. The summed E-state index contributed by atoms with van der Waals surface area (Å²) in [5, 5.41) is 17.8. The number of carbonyl (C=O) groups excluding carboxylic acids is 1. The number of phenols is 1. The third-order valence-corrected chi connectivity index (χ3v) is 5.39. The van der Waals surface area contributed by atoms with Crippen molar-refractivity contribution in [2.75, 3.05) is 0 Å². The van der Waals surface area contributed by atoms with Gasteiger partial charge in [0.25, 0.3) is 0 Å². The lowest BCUT2D eigenvalue weighted by Crippen LogP contribution is -2.33. The molecule has 1 amide bonds. The van der Waals surface area contributed by atoms with Crippen LogP contribution < -0.4 is 4.91 Å². The second kappa shape index (κ2) is 7.24. The number of benzene rings is 1. The van der Waals surface area contributed by atoms with Crippen molar-refractivity contribution in [3.63, 3.8) is 0 Å². The highest BCUT2D eigenvalue weighted by atomic mass is 35.5. The van der Waals surface area contributed by atoms with Crippen molar-refractivity contribution in [3.05, 3.63) is 28.8 Å². The quantitative estimate of drug-likeness (QED) is 0.637. The van der Waals surface area contributed by atoms with Crippen LogP contribution in [0, 0.1) is 11.8 Å². The van der Waals surface area contributed by atoms with E-state index in [1.165, 1.54) is 50.7 Å². The fourth-order valence-corrected chi connectivity index (χ4v) is 4.10. The Hall–Kier alpha value is -1.71. The zero-order valence-electron chi connectivity index (χ0n) is 13.0. The third-order valence-electron chi connectivity index (χ3n) is 5.09. The molecule has 0 radical (unpaired) electrons. The van der Waals surface area contributed by atoms with Crippen LogP contribution in [0.3, 0.4) is 0 Å². The van der Waals surface area contributed by atoms with Gasteiger partial charge in [-0.05, 0) is 36.8 Å². The number of rotatable bonds is 2. The van der Waals surface area contributed by atoms with Crippen molar-refractivity contribution >= 4 is 17.5 Å². The van der Waals surface area contributed by atoms with Crippen LogP contribution in [-0.4, -0.2) is 17.1 Å². The van der Waals surface area contributed by atoms with Crippen molar-refractivity contribution < 1.29 is 9.90 Å². The molecule has 2 aliphatic carbocycles. The van der Waals surface area contributed by atoms with Crippen molar-refractivity contribution in [3.8, 4) is 5.75 Å². The molecule has 122 valence electrons. The van der Waals surface area contributed by atoms with Gasteiger partial charge in [0.15, 0.2) is 0 Å². The molecule has 0 aromatic heterocycles. The number of para-hydroxylation sites is 1. The SMILES string of the molecule is O=C(N=[N+]=N[C@@H]1CCC[C@H]2CCCC[C@H]21)c1cccc(Cl)c1O. The molecular weight excluding hydrogens is 314 g/mol. The number of hydrogen-bond donors (Lipinski definition) is 1. The second-order valence-electron chi connectivity index (χ2n) is 6.45. The average Bonchev–Trinajstić information content (AvgIpc) is 2.57. The summed E-state index contributed by atoms with van der Waals surface area (Å²) in [7, 11) is 0. The van der Waals surface area contributed by atoms with E-state index in [1.54, 1.807) is 6.07 Å². The monoisotopic (exact) mass is 334 g/mol. The summed E-state index contributed by atoms with van der Waals surface area (Å²) in [5.74, 6) is 0.466. The molecule has 2 aliphatic rings. The minimum Gasteiger partial charge on any atom is -0.506 e. The molecular formula is C17H21ClN3O2+. The Labute approximate surface area is 140 Å².